The standard InChI is InChI=1S/C12H10F2N2O3/c1-2-3-4-7-15-12(17)10-8(13)5-6-9(11(10)14)16(18)19/h1,5-6H,3-4,7H2,(H,15,17). The minimum atomic E-state index is -1.49. The average molecular weight is 268 g/mol. The number of terminal acetylenes is 1. The van der Waals surface area contributed by atoms with E-state index in [-0.39, 0.29) is 6.54 Å². The Bertz CT molecular complexity index is 553. The average Bonchev–Trinajstić information content (AvgIpc) is 2.34. The van der Waals surface area contributed by atoms with Gasteiger partial charge in [0.15, 0.2) is 0 Å². The van der Waals surface area contributed by atoms with E-state index >= 15 is 0 Å². The molecule has 0 spiro atoms. The molecule has 0 aliphatic carbocycles. The molecule has 0 aliphatic rings. The third-order valence-corrected chi connectivity index (χ3v) is 2.28. The molecule has 0 atom stereocenters. The second-order valence-corrected chi connectivity index (χ2v) is 3.58. The van der Waals surface area contributed by atoms with Crippen LogP contribution in [-0.2, 0) is 0 Å². The zero-order valence-electron chi connectivity index (χ0n) is 9.78. The summed E-state index contributed by atoms with van der Waals surface area (Å²) in [6, 6.07) is 1.34. The number of halogens is 2. The van der Waals surface area contributed by atoms with Gasteiger partial charge in [0, 0.05) is 19.0 Å². The first-order valence-corrected chi connectivity index (χ1v) is 5.33. The second-order valence-electron chi connectivity index (χ2n) is 3.58. The highest BCUT2D eigenvalue weighted by Crippen LogP contribution is 2.22. The molecule has 0 unspecified atom stereocenters. The van der Waals surface area contributed by atoms with Gasteiger partial charge in [0.2, 0.25) is 5.82 Å². The highest BCUT2D eigenvalue weighted by molar-refractivity contribution is 5.95. The summed E-state index contributed by atoms with van der Waals surface area (Å²) in [5, 5.41) is 12.7. The Kier molecular flexibility index (Phi) is 4.94. The molecule has 0 bridgehead atoms. The lowest BCUT2D eigenvalue weighted by molar-refractivity contribution is -0.387. The minimum Gasteiger partial charge on any atom is -0.352 e. The van der Waals surface area contributed by atoms with Crippen molar-refractivity contribution < 1.29 is 18.5 Å². The van der Waals surface area contributed by atoms with Crippen molar-refractivity contribution in [1.82, 2.24) is 5.32 Å². The van der Waals surface area contributed by atoms with Crippen molar-refractivity contribution in [2.45, 2.75) is 12.8 Å². The van der Waals surface area contributed by atoms with E-state index in [9.17, 15) is 23.7 Å². The molecule has 100 valence electrons. The maximum absolute atomic E-state index is 13.6. The fraction of sp³-hybridized carbons (Fsp3) is 0.250. The number of hydrogen-bond donors (Lipinski definition) is 1. The normalized spacial score (nSPS) is 9.74. The van der Waals surface area contributed by atoms with Crippen LogP contribution in [0.2, 0.25) is 0 Å². The zero-order chi connectivity index (χ0) is 14.4. The monoisotopic (exact) mass is 268 g/mol. The van der Waals surface area contributed by atoms with Gasteiger partial charge < -0.3 is 5.32 Å². The fourth-order valence-corrected chi connectivity index (χ4v) is 1.37. The third-order valence-electron chi connectivity index (χ3n) is 2.28. The summed E-state index contributed by atoms with van der Waals surface area (Å²) < 4.78 is 27.0. The third kappa shape index (κ3) is 3.48. The molecule has 0 fully saturated rings. The van der Waals surface area contributed by atoms with Crippen molar-refractivity contribution in [3.63, 3.8) is 0 Å². The Morgan fingerprint density at radius 2 is 2.16 bits per heavy atom. The van der Waals surface area contributed by atoms with Gasteiger partial charge in [-0.2, -0.15) is 4.39 Å². The molecule has 1 amide bonds. The number of nitrogens with one attached hydrogen (secondary N) is 1. The van der Waals surface area contributed by atoms with Crippen LogP contribution >= 0.6 is 0 Å². The summed E-state index contributed by atoms with van der Waals surface area (Å²) >= 11 is 0. The van der Waals surface area contributed by atoms with E-state index in [1.807, 2.05) is 0 Å². The lowest BCUT2D eigenvalue weighted by Crippen LogP contribution is -2.26. The number of nitrogens with zero attached hydrogens (tertiary/aromatic N) is 1. The summed E-state index contributed by atoms with van der Waals surface area (Å²) in [5.74, 6) is -1.35. The Morgan fingerprint density at radius 1 is 1.47 bits per heavy atom. The Morgan fingerprint density at radius 3 is 2.74 bits per heavy atom. The first-order chi connectivity index (χ1) is 8.99. The number of carbonyl (C=O) groups excluding carboxylic acids is 1. The zero-order valence-corrected chi connectivity index (χ0v) is 9.78. The van der Waals surface area contributed by atoms with E-state index in [4.69, 9.17) is 6.42 Å². The van der Waals surface area contributed by atoms with Crippen LogP contribution in [0.5, 0.6) is 0 Å². The van der Waals surface area contributed by atoms with E-state index < -0.39 is 33.7 Å². The van der Waals surface area contributed by atoms with Crippen molar-refractivity contribution in [2.75, 3.05) is 6.54 Å². The van der Waals surface area contributed by atoms with Gasteiger partial charge in [0.1, 0.15) is 11.4 Å². The molecule has 5 nitrogen and oxygen atoms in total. The molecule has 0 heterocycles. The molecule has 19 heavy (non-hydrogen) atoms. The lowest BCUT2D eigenvalue weighted by atomic mass is 10.1. The molecule has 7 heteroatoms. The number of hydrogen-bond acceptors (Lipinski definition) is 3. The van der Waals surface area contributed by atoms with Crippen LogP contribution in [0.4, 0.5) is 14.5 Å². The molecule has 0 aliphatic heterocycles. The molecule has 1 rings (SSSR count). The fourth-order valence-electron chi connectivity index (χ4n) is 1.37. The highest BCUT2D eigenvalue weighted by Gasteiger charge is 2.25. The maximum atomic E-state index is 13.6. The topological polar surface area (TPSA) is 72.2 Å². The second kappa shape index (κ2) is 6.44. The maximum Gasteiger partial charge on any atom is 0.305 e. The summed E-state index contributed by atoms with van der Waals surface area (Å²) in [7, 11) is 0. The van der Waals surface area contributed by atoms with Gasteiger partial charge >= 0.3 is 5.69 Å². The highest BCUT2D eigenvalue weighted by atomic mass is 19.1. The van der Waals surface area contributed by atoms with Crippen molar-refractivity contribution in [2.24, 2.45) is 0 Å². The SMILES string of the molecule is C#CCCCNC(=O)c1c(F)ccc([N+](=O)[O-])c1F. The van der Waals surface area contributed by atoms with Gasteiger partial charge in [0.25, 0.3) is 5.91 Å². The van der Waals surface area contributed by atoms with Gasteiger partial charge in [-0.25, -0.2) is 4.39 Å². The molecule has 1 aromatic carbocycles. The van der Waals surface area contributed by atoms with Gasteiger partial charge in [-0.05, 0) is 12.5 Å². The summed E-state index contributed by atoms with van der Waals surface area (Å²) in [6.07, 6.45) is 5.85. The van der Waals surface area contributed by atoms with Crippen molar-refractivity contribution in [1.29, 1.82) is 0 Å². The van der Waals surface area contributed by atoms with Crippen LogP contribution in [0.1, 0.15) is 23.2 Å². The van der Waals surface area contributed by atoms with Gasteiger partial charge in [-0.15, -0.1) is 12.3 Å². The van der Waals surface area contributed by atoms with E-state index in [0.29, 0.717) is 25.0 Å². The molecular formula is C12H10F2N2O3. The van der Waals surface area contributed by atoms with E-state index in [1.165, 1.54) is 0 Å². The predicted molar refractivity (Wildman–Crippen MR) is 63.4 cm³/mol. The number of nitro benzene ring substituents is 1. The molecule has 1 N–H and O–H groups in total. The lowest BCUT2D eigenvalue weighted by Gasteiger charge is -2.06. The molecule has 0 saturated heterocycles. The van der Waals surface area contributed by atoms with Crippen molar-refractivity contribution in [3.8, 4) is 12.3 Å². The molecular weight excluding hydrogens is 258 g/mol. The number of carbonyl (C=O) groups is 1. The predicted octanol–water partition coefficient (Wildman–Crippen LogP) is 2.02. The van der Waals surface area contributed by atoms with E-state index in [2.05, 4.69) is 11.2 Å². The van der Waals surface area contributed by atoms with Crippen LogP contribution < -0.4 is 5.32 Å². The first-order valence-electron chi connectivity index (χ1n) is 5.33. The van der Waals surface area contributed by atoms with Crippen LogP contribution in [0.15, 0.2) is 12.1 Å². The van der Waals surface area contributed by atoms with Gasteiger partial charge in [-0.3, -0.25) is 14.9 Å². The molecule has 0 aromatic heterocycles. The Balaban J connectivity index is 2.93. The van der Waals surface area contributed by atoms with E-state index in [0.717, 1.165) is 0 Å². The van der Waals surface area contributed by atoms with Gasteiger partial charge in [0.05, 0.1) is 4.92 Å². The quantitative estimate of drug-likeness (QED) is 0.384. The Hall–Kier alpha value is -2.49. The van der Waals surface area contributed by atoms with Gasteiger partial charge in [-0.1, -0.05) is 0 Å². The number of unbranched alkanes of at least 4 members (excludes halogenated alkanes) is 1. The van der Waals surface area contributed by atoms with Crippen molar-refractivity contribution in [3.05, 3.63) is 39.4 Å². The summed E-state index contributed by atoms with van der Waals surface area (Å²) in [5.41, 5.74) is -1.91. The van der Waals surface area contributed by atoms with Crippen LogP contribution in [0, 0.1) is 34.1 Å². The molecule has 0 saturated carbocycles. The van der Waals surface area contributed by atoms with E-state index in [1.54, 1.807) is 0 Å². The minimum absolute atomic E-state index is 0.130. The Labute approximate surface area is 107 Å². The molecule has 0 radical (unpaired) electrons. The number of nitro groups is 1. The van der Waals surface area contributed by atoms with Crippen LogP contribution in [0.25, 0.3) is 0 Å². The summed E-state index contributed by atoms with van der Waals surface area (Å²) in [4.78, 5) is 21.0. The molecule has 1 aromatic rings. The smallest absolute Gasteiger partial charge is 0.305 e. The number of rotatable bonds is 5. The van der Waals surface area contributed by atoms with Crippen molar-refractivity contribution >= 4 is 11.6 Å². The largest absolute Gasteiger partial charge is 0.352 e. The number of amides is 1. The number of benzene rings is 1. The van der Waals surface area contributed by atoms with Crippen LogP contribution in [0.3, 0.4) is 0 Å². The van der Waals surface area contributed by atoms with Crippen LogP contribution in [-0.4, -0.2) is 17.4 Å². The summed E-state index contributed by atoms with van der Waals surface area (Å²) in [6.45, 7) is 0.130. The first kappa shape index (κ1) is 14.6.